The van der Waals surface area contributed by atoms with Gasteiger partial charge in [-0.3, -0.25) is 0 Å². The lowest BCUT2D eigenvalue weighted by Gasteiger charge is -2.08. The highest BCUT2D eigenvalue weighted by Crippen LogP contribution is 2.20. The Morgan fingerprint density at radius 3 is 2.19 bits per heavy atom. The molecule has 112 valence electrons. The van der Waals surface area contributed by atoms with E-state index in [2.05, 4.69) is 4.72 Å². The van der Waals surface area contributed by atoms with E-state index in [1.165, 1.54) is 0 Å². The van der Waals surface area contributed by atoms with Crippen molar-refractivity contribution in [1.82, 2.24) is 4.72 Å². The predicted octanol–water partition coefficient (Wildman–Crippen LogP) is 3.24. The zero-order chi connectivity index (χ0) is 15.6. The van der Waals surface area contributed by atoms with Gasteiger partial charge in [-0.1, -0.05) is 23.7 Å². The number of hydrogen-bond donors (Lipinski definition) is 1. The largest absolute Gasteiger partial charge is 0.243 e. The lowest BCUT2D eigenvalue weighted by atomic mass is 10.2. The van der Waals surface area contributed by atoms with Gasteiger partial charge in [-0.2, -0.15) is 0 Å². The molecule has 0 amide bonds. The number of benzene rings is 2. The molecule has 0 aliphatic carbocycles. The molecule has 3 nitrogen and oxygen atoms in total. The van der Waals surface area contributed by atoms with E-state index in [1.54, 1.807) is 24.3 Å². The maximum absolute atomic E-state index is 13.5. The van der Waals surface area contributed by atoms with E-state index < -0.39 is 32.4 Å². The first kappa shape index (κ1) is 15.8. The summed E-state index contributed by atoms with van der Waals surface area (Å²) in [5.41, 5.74) is 0.575. The summed E-state index contributed by atoms with van der Waals surface area (Å²) < 4.78 is 65.2. The van der Waals surface area contributed by atoms with Crippen molar-refractivity contribution in [2.45, 2.75) is 11.4 Å². The first-order valence-corrected chi connectivity index (χ1v) is 7.55. The number of halogens is 4. The van der Waals surface area contributed by atoms with Crippen molar-refractivity contribution in [3.63, 3.8) is 0 Å². The van der Waals surface area contributed by atoms with Crippen molar-refractivity contribution >= 4 is 21.6 Å². The van der Waals surface area contributed by atoms with Crippen LogP contribution >= 0.6 is 11.6 Å². The molecule has 0 bridgehead atoms. The van der Waals surface area contributed by atoms with Gasteiger partial charge in [0.05, 0.1) is 0 Å². The summed E-state index contributed by atoms with van der Waals surface area (Å²) in [5.74, 6) is -5.04. The fraction of sp³-hybridized carbons (Fsp3) is 0.0769. The van der Waals surface area contributed by atoms with Crippen LogP contribution in [0.25, 0.3) is 0 Å². The minimum absolute atomic E-state index is 0.141. The average molecular weight is 336 g/mol. The predicted molar refractivity (Wildman–Crippen MR) is 71.8 cm³/mol. The summed E-state index contributed by atoms with van der Waals surface area (Å²) in [6, 6.07) is 7.48. The van der Waals surface area contributed by atoms with E-state index in [-0.39, 0.29) is 6.54 Å². The molecular weight excluding hydrogens is 327 g/mol. The van der Waals surface area contributed by atoms with Gasteiger partial charge in [0, 0.05) is 11.6 Å². The number of hydrogen-bond acceptors (Lipinski definition) is 2. The molecule has 0 atom stereocenters. The summed E-state index contributed by atoms with van der Waals surface area (Å²) >= 11 is 5.69. The third-order valence-corrected chi connectivity index (χ3v) is 4.34. The second-order valence-corrected chi connectivity index (χ2v) is 6.30. The molecular formula is C13H9ClF3NO2S. The summed E-state index contributed by atoms with van der Waals surface area (Å²) in [4.78, 5) is -0.949. The number of sulfonamides is 1. The maximum atomic E-state index is 13.5. The molecule has 2 aromatic carbocycles. The standard InChI is InChI=1S/C13H9ClF3NO2S/c14-9-3-1-8(2-4-9)7-18-21(19,20)11-6-5-10(15)12(16)13(11)17/h1-6,18H,7H2. The molecule has 0 aromatic heterocycles. The molecule has 0 aliphatic rings. The highest BCUT2D eigenvalue weighted by Gasteiger charge is 2.23. The van der Waals surface area contributed by atoms with Gasteiger partial charge in [-0.15, -0.1) is 0 Å². The summed E-state index contributed by atoms with van der Waals surface area (Å²) in [6.45, 7) is -0.141. The smallest absolute Gasteiger partial charge is 0.207 e. The van der Waals surface area contributed by atoms with Crippen LogP contribution in [0.5, 0.6) is 0 Å². The normalized spacial score (nSPS) is 11.6. The van der Waals surface area contributed by atoms with E-state index in [9.17, 15) is 21.6 Å². The Hall–Kier alpha value is -1.57. The van der Waals surface area contributed by atoms with Crippen molar-refractivity contribution < 1.29 is 21.6 Å². The van der Waals surface area contributed by atoms with Crippen LogP contribution in [0.3, 0.4) is 0 Å². The van der Waals surface area contributed by atoms with Gasteiger partial charge in [0.15, 0.2) is 17.5 Å². The number of nitrogens with one attached hydrogen (secondary N) is 1. The highest BCUT2D eigenvalue weighted by molar-refractivity contribution is 7.89. The van der Waals surface area contributed by atoms with Crippen molar-refractivity contribution in [3.05, 3.63) is 64.4 Å². The minimum atomic E-state index is -4.30. The van der Waals surface area contributed by atoms with Crippen LogP contribution in [0.4, 0.5) is 13.2 Å². The van der Waals surface area contributed by atoms with E-state index in [0.717, 1.165) is 0 Å². The zero-order valence-corrected chi connectivity index (χ0v) is 12.0. The Bertz CT molecular complexity index is 764. The van der Waals surface area contributed by atoms with Crippen LogP contribution in [0.1, 0.15) is 5.56 Å². The van der Waals surface area contributed by atoms with Crippen LogP contribution in [0.2, 0.25) is 5.02 Å². The Balaban J connectivity index is 2.23. The van der Waals surface area contributed by atoms with Gasteiger partial charge in [0.25, 0.3) is 0 Å². The van der Waals surface area contributed by atoms with Gasteiger partial charge in [0.1, 0.15) is 4.90 Å². The molecule has 0 aliphatic heterocycles. The highest BCUT2D eigenvalue weighted by atomic mass is 35.5. The fourth-order valence-corrected chi connectivity index (χ4v) is 2.78. The Morgan fingerprint density at radius 2 is 1.57 bits per heavy atom. The molecule has 0 saturated carbocycles. The second-order valence-electron chi connectivity index (χ2n) is 4.12. The molecule has 0 radical (unpaired) electrons. The van der Waals surface area contributed by atoms with Gasteiger partial charge < -0.3 is 0 Å². The van der Waals surface area contributed by atoms with E-state index in [4.69, 9.17) is 11.6 Å². The van der Waals surface area contributed by atoms with E-state index in [0.29, 0.717) is 22.7 Å². The van der Waals surface area contributed by atoms with Crippen molar-refractivity contribution in [3.8, 4) is 0 Å². The topological polar surface area (TPSA) is 46.2 Å². The molecule has 21 heavy (non-hydrogen) atoms. The summed E-state index contributed by atoms with van der Waals surface area (Å²) in [5, 5.41) is 0.480. The quantitative estimate of drug-likeness (QED) is 0.872. The Labute approximate surface area is 124 Å². The third-order valence-electron chi connectivity index (χ3n) is 2.67. The molecule has 0 saturated heterocycles. The molecule has 2 aromatic rings. The number of rotatable bonds is 4. The molecule has 2 rings (SSSR count). The monoisotopic (exact) mass is 335 g/mol. The van der Waals surface area contributed by atoms with Gasteiger partial charge in [-0.25, -0.2) is 26.3 Å². The fourth-order valence-electron chi connectivity index (χ4n) is 1.57. The van der Waals surface area contributed by atoms with E-state index in [1.807, 2.05) is 0 Å². The third kappa shape index (κ3) is 3.55. The minimum Gasteiger partial charge on any atom is -0.207 e. The summed E-state index contributed by atoms with van der Waals surface area (Å²) in [7, 11) is -4.30. The SMILES string of the molecule is O=S(=O)(NCc1ccc(Cl)cc1)c1ccc(F)c(F)c1F. The Morgan fingerprint density at radius 1 is 0.952 bits per heavy atom. The molecule has 0 fully saturated rings. The van der Waals surface area contributed by atoms with Gasteiger partial charge >= 0.3 is 0 Å². The second kappa shape index (κ2) is 6.05. The van der Waals surface area contributed by atoms with Gasteiger partial charge in [-0.05, 0) is 29.8 Å². The maximum Gasteiger partial charge on any atom is 0.243 e. The molecule has 1 N–H and O–H groups in total. The van der Waals surface area contributed by atoms with Gasteiger partial charge in [0.2, 0.25) is 10.0 Å². The van der Waals surface area contributed by atoms with Crippen LogP contribution in [-0.2, 0) is 16.6 Å². The van der Waals surface area contributed by atoms with Crippen molar-refractivity contribution in [2.75, 3.05) is 0 Å². The summed E-state index contributed by atoms with van der Waals surface area (Å²) in [6.07, 6.45) is 0. The van der Waals surface area contributed by atoms with Crippen LogP contribution < -0.4 is 4.72 Å². The van der Waals surface area contributed by atoms with Crippen LogP contribution in [0, 0.1) is 17.5 Å². The molecule has 0 heterocycles. The zero-order valence-electron chi connectivity index (χ0n) is 10.4. The molecule has 0 spiro atoms. The molecule has 8 heteroatoms. The average Bonchev–Trinajstić information content (AvgIpc) is 2.44. The van der Waals surface area contributed by atoms with Crippen molar-refractivity contribution in [1.29, 1.82) is 0 Å². The lowest BCUT2D eigenvalue weighted by molar-refractivity contribution is 0.431. The first-order chi connectivity index (χ1) is 9.81. The van der Waals surface area contributed by atoms with E-state index >= 15 is 0 Å². The van der Waals surface area contributed by atoms with Crippen molar-refractivity contribution in [2.24, 2.45) is 0 Å². The molecule has 0 unspecified atom stereocenters. The van der Waals surface area contributed by atoms with Crippen LogP contribution in [0.15, 0.2) is 41.3 Å². The lowest BCUT2D eigenvalue weighted by Crippen LogP contribution is -2.24. The van der Waals surface area contributed by atoms with Crippen LogP contribution in [-0.4, -0.2) is 8.42 Å². The Kier molecular flexibility index (Phi) is 4.55. The first-order valence-electron chi connectivity index (χ1n) is 5.69.